The molecule has 0 saturated heterocycles. The molecule has 0 unspecified atom stereocenters. The minimum Gasteiger partial charge on any atom is -0.396 e. The van der Waals surface area contributed by atoms with Gasteiger partial charge < -0.3 is 10.4 Å². The van der Waals surface area contributed by atoms with Crippen LogP contribution in [0.3, 0.4) is 0 Å². The normalized spacial score (nSPS) is 10.6. The summed E-state index contributed by atoms with van der Waals surface area (Å²) in [5, 5.41) is 12.3. The molecule has 0 saturated carbocycles. The largest absolute Gasteiger partial charge is 0.396 e. The minimum absolute atomic E-state index is 0.210. The van der Waals surface area contributed by atoms with E-state index in [1.165, 1.54) is 15.3 Å². The molecule has 1 aromatic carbocycles. The number of hydrogen-bond donors (Lipinski definition) is 2. The lowest BCUT2D eigenvalue weighted by Crippen LogP contribution is -1.97. The Kier molecular flexibility index (Phi) is 4.79. The molecule has 0 aliphatic carbocycles. The van der Waals surface area contributed by atoms with Gasteiger partial charge in [-0.1, -0.05) is 19.1 Å². The third-order valence-electron chi connectivity index (χ3n) is 2.89. The van der Waals surface area contributed by atoms with E-state index in [1.54, 1.807) is 0 Å². The van der Waals surface area contributed by atoms with Crippen LogP contribution in [-0.2, 0) is 19.4 Å². The van der Waals surface area contributed by atoms with E-state index >= 15 is 0 Å². The smallest absolute Gasteiger partial charge is 0.0494 e. The van der Waals surface area contributed by atoms with Crippen LogP contribution in [0.1, 0.15) is 22.2 Å². The lowest BCUT2D eigenvalue weighted by atomic mass is 10.1. The second-order valence-electron chi connectivity index (χ2n) is 4.25. The Hall–Kier alpha value is -1.32. The second kappa shape index (κ2) is 6.57. The highest BCUT2D eigenvalue weighted by molar-refractivity contribution is 7.12. The van der Waals surface area contributed by atoms with Gasteiger partial charge in [0.2, 0.25) is 0 Å². The van der Waals surface area contributed by atoms with Crippen molar-refractivity contribution in [2.45, 2.75) is 26.3 Å². The average molecular weight is 261 g/mol. The van der Waals surface area contributed by atoms with Crippen LogP contribution in [0.2, 0.25) is 0 Å². The first kappa shape index (κ1) is 13.1. The summed E-state index contributed by atoms with van der Waals surface area (Å²) in [7, 11) is 0. The maximum atomic E-state index is 8.85. The molecule has 1 aromatic heterocycles. The molecule has 3 heteroatoms. The van der Waals surface area contributed by atoms with Gasteiger partial charge >= 0.3 is 0 Å². The van der Waals surface area contributed by atoms with Crippen molar-refractivity contribution in [3.05, 3.63) is 51.7 Å². The maximum Gasteiger partial charge on any atom is 0.0494 e. The molecule has 96 valence electrons. The zero-order chi connectivity index (χ0) is 12.8. The quantitative estimate of drug-likeness (QED) is 0.834. The number of aliphatic hydroxyl groups excluding tert-OH is 1. The number of hydrogen-bond acceptors (Lipinski definition) is 3. The predicted octanol–water partition coefficient (Wildman–Crippen LogP) is 3.46. The monoisotopic (exact) mass is 261 g/mol. The fourth-order valence-corrected chi connectivity index (χ4v) is 2.71. The van der Waals surface area contributed by atoms with Crippen LogP contribution in [0.4, 0.5) is 5.69 Å². The van der Waals surface area contributed by atoms with Gasteiger partial charge in [0.15, 0.2) is 0 Å². The van der Waals surface area contributed by atoms with Crippen LogP contribution < -0.4 is 5.32 Å². The summed E-state index contributed by atoms with van der Waals surface area (Å²) in [6.45, 7) is 3.27. The molecular formula is C15H19NOS. The Morgan fingerprint density at radius 2 is 1.78 bits per heavy atom. The molecule has 2 aromatic rings. The summed E-state index contributed by atoms with van der Waals surface area (Å²) < 4.78 is 0. The van der Waals surface area contributed by atoms with Crippen molar-refractivity contribution in [2.75, 3.05) is 11.9 Å². The van der Waals surface area contributed by atoms with Crippen LogP contribution in [0.25, 0.3) is 0 Å². The maximum absolute atomic E-state index is 8.85. The number of nitrogens with one attached hydrogen (secondary N) is 1. The Labute approximate surface area is 112 Å². The number of anilines is 1. The van der Waals surface area contributed by atoms with Crippen molar-refractivity contribution >= 4 is 17.0 Å². The first-order valence-corrected chi connectivity index (χ1v) is 7.14. The lowest BCUT2D eigenvalue weighted by molar-refractivity contribution is 0.299. The Morgan fingerprint density at radius 3 is 2.39 bits per heavy atom. The van der Waals surface area contributed by atoms with Gasteiger partial charge in [0.1, 0.15) is 0 Å². The van der Waals surface area contributed by atoms with E-state index in [4.69, 9.17) is 5.11 Å². The van der Waals surface area contributed by atoms with Crippen molar-refractivity contribution in [1.82, 2.24) is 0 Å². The zero-order valence-electron chi connectivity index (χ0n) is 10.6. The van der Waals surface area contributed by atoms with Crippen molar-refractivity contribution in [3.8, 4) is 0 Å². The summed E-state index contributed by atoms with van der Waals surface area (Å²) in [6, 6.07) is 12.6. The van der Waals surface area contributed by atoms with Crippen LogP contribution >= 0.6 is 11.3 Å². The number of aryl methyl sites for hydroxylation is 1. The van der Waals surface area contributed by atoms with Crippen molar-refractivity contribution < 1.29 is 5.11 Å². The molecule has 1 heterocycles. The Balaban J connectivity index is 1.89. The van der Waals surface area contributed by atoms with Crippen LogP contribution in [0.15, 0.2) is 36.4 Å². The van der Waals surface area contributed by atoms with Gasteiger partial charge in [-0.2, -0.15) is 0 Å². The van der Waals surface area contributed by atoms with Gasteiger partial charge in [-0.15, -0.1) is 11.3 Å². The predicted molar refractivity (Wildman–Crippen MR) is 78.3 cm³/mol. The topological polar surface area (TPSA) is 32.3 Å². The summed E-state index contributed by atoms with van der Waals surface area (Å²) in [4.78, 5) is 2.80. The average Bonchev–Trinajstić information content (AvgIpc) is 2.86. The van der Waals surface area contributed by atoms with Gasteiger partial charge in [0, 0.05) is 28.6 Å². The molecule has 2 nitrogen and oxygen atoms in total. The minimum atomic E-state index is 0.210. The first-order valence-electron chi connectivity index (χ1n) is 6.33. The van der Waals surface area contributed by atoms with E-state index in [1.807, 2.05) is 11.3 Å². The van der Waals surface area contributed by atoms with Gasteiger partial charge in [0.25, 0.3) is 0 Å². The highest BCUT2D eigenvalue weighted by Crippen LogP contribution is 2.18. The Morgan fingerprint density at radius 1 is 1.06 bits per heavy atom. The van der Waals surface area contributed by atoms with E-state index in [2.05, 4.69) is 48.6 Å². The molecule has 0 aliphatic rings. The second-order valence-corrected chi connectivity index (χ2v) is 5.50. The molecule has 0 amide bonds. The summed E-state index contributed by atoms with van der Waals surface area (Å²) in [5.41, 5.74) is 2.30. The van der Waals surface area contributed by atoms with Gasteiger partial charge in [0.05, 0.1) is 0 Å². The van der Waals surface area contributed by atoms with E-state index in [9.17, 15) is 0 Å². The highest BCUT2D eigenvalue weighted by Gasteiger charge is 1.99. The fraction of sp³-hybridized carbons (Fsp3) is 0.333. The number of rotatable bonds is 6. The molecule has 0 bridgehead atoms. The molecule has 0 aliphatic heterocycles. The van der Waals surface area contributed by atoms with Crippen molar-refractivity contribution in [3.63, 3.8) is 0 Å². The number of aliphatic hydroxyl groups is 1. The van der Waals surface area contributed by atoms with Crippen molar-refractivity contribution in [1.29, 1.82) is 0 Å². The fourth-order valence-electron chi connectivity index (χ4n) is 1.81. The molecule has 0 atom stereocenters. The van der Waals surface area contributed by atoms with E-state index in [0.29, 0.717) is 0 Å². The summed E-state index contributed by atoms with van der Waals surface area (Å²) in [5.74, 6) is 0. The van der Waals surface area contributed by atoms with E-state index < -0.39 is 0 Å². The lowest BCUT2D eigenvalue weighted by Gasteiger charge is -2.06. The van der Waals surface area contributed by atoms with Crippen LogP contribution in [0.5, 0.6) is 0 Å². The van der Waals surface area contributed by atoms with Crippen LogP contribution in [-0.4, -0.2) is 11.7 Å². The van der Waals surface area contributed by atoms with Gasteiger partial charge in [-0.05, 0) is 42.7 Å². The first-order chi connectivity index (χ1) is 8.81. The SMILES string of the molecule is CCc1ccc(CNc2ccc(CCO)cc2)s1. The molecule has 2 rings (SSSR count). The van der Waals surface area contributed by atoms with Crippen molar-refractivity contribution in [2.24, 2.45) is 0 Å². The number of benzene rings is 1. The van der Waals surface area contributed by atoms with E-state index in [0.717, 1.165) is 25.1 Å². The van der Waals surface area contributed by atoms with Gasteiger partial charge in [-0.3, -0.25) is 0 Å². The Bertz CT molecular complexity index is 475. The standard InChI is InChI=1S/C15H19NOS/c1-2-14-7-8-15(18-14)11-16-13-5-3-12(4-6-13)9-10-17/h3-8,16-17H,2,9-11H2,1H3. The van der Waals surface area contributed by atoms with Gasteiger partial charge in [-0.25, -0.2) is 0 Å². The third kappa shape index (κ3) is 3.59. The summed E-state index contributed by atoms with van der Waals surface area (Å²) in [6.07, 6.45) is 1.84. The molecule has 0 spiro atoms. The third-order valence-corrected chi connectivity index (χ3v) is 4.12. The highest BCUT2D eigenvalue weighted by atomic mass is 32.1. The molecule has 0 fully saturated rings. The zero-order valence-corrected chi connectivity index (χ0v) is 11.5. The summed E-state index contributed by atoms with van der Waals surface area (Å²) >= 11 is 1.87. The molecular weight excluding hydrogens is 242 g/mol. The van der Waals surface area contributed by atoms with Crippen LogP contribution in [0, 0.1) is 0 Å². The molecule has 18 heavy (non-hydrogen) atoms. The number of thiophene rings is 1. The molecule has 2 N–H and O–H groups in total. The van der Waals surface area contributed by atoms with E-state index in [-0.39, 0.29) is 6.61 Å². The molecule has 0 radical (unpaired) electrons.